The molecule has 0 heterocycles. The van der Waals surface area contributed by atoms with Crippen LogP contribution in [0.15, 0.2) is 88.9 Å². The van der Waals surface area contributed by atoms with E-state index in [1.54, 1.807) is 12.1 Å². The van der Waals surface area contributed by atoms with Crippen LogP contribution in [0, 0.1) is 0 Å². The molecule has 3 rings (SSSR count). The van der Waals surface area contributed by atoms with Gasteiger partial charge in [0.25, 0.3) is 0 Å². The second kappa shape index (κ2) is 30.5. The molecular weight excluding hydrogens is 671 g/mol. The van der Waals surface area contributed by atoms with Gasteiger partial charge in [-0.3, -0.25) is 9.98 Å². The quantitative estimate of drug-likeness (QED) is 0.0522. The Hall–Kier alpha value is -3.17. The molecule has 0 fully saturated rings. The molecule has 0 aliphatic heterocycles. The first-order chi connectivity index (χ1) is 24.5. The third-order valence-electron chi connectivity index (χ3n) is 8.92. The topological polar surface area (TPSA) is 70.8 Å². The number of hydrogen-bond donors (Lipinski definition) is 0. The fraction of sp³-hybridized carbons (Fsp3) is 0.522. The number of nitrogens with zero attached hydrogens (tertiary/aromatic N) is 2. The van der Waals surface area contributed by atoms with Crippen molar-refractivity contribution in [1.29, 1.82) is 0 Å². The van der Waals surface area contributed by atoms with Gasteiger partial charge < -0.3 is 10.2 Å². The van der Waals surface area contributed by atoms with Crippen LogP contribution in [-0.4, -0.2) is 11.4 Å². The minimum absolute atomic E-state index is 0. The van der Waals surface area contributed by atoms with Crippen LogP contribution >= 0.6 is 0 Å². The average Bonchev–Trinajstić information content (AvgIpc) is 3.13. The van der Waals surface area contributed by atoms with E-state index < -0.39 is 0 Å². The van der Waals surface area contributed by atoms with Gasteiger partial charge in [0.2, 0.25) is 0 Å². The number of aryl methyl sites for hydroxylation is 1. The van der Waals surface area contributed by atoms with Gasteiger partial charge in [0.05, 0.1) is 22.8 Å². The first-order valence-corrected chi connectivity index (χ1v) is 19.9. The van der Waals surface area contributed by atoms with Gasteiger partial charge in [-0.25, -0.2) is 0 Å². The maximum Gasteiger partial charge on any atom is 2.00 e. The molecule has 0 spiro atoms. The first kappa shape index (κ1) is 45.9. The van der Waals surface area contributed by atoms with Gasteiger partial charge in [-0.05, 0) is 81.2 Å². The standard InChI is InChI=1S/C35H52N2.C11H16O2.Ni/c1-4-7-10-12-13-14-15-16-18-23-31-24-22-27-33(30-31)37-34(28-9-6-3)35(29-21-11-8-5-2)36-32-25-19-17-20-26-32;1-2-3-4-6-9-7-5-8-10(12)11(9)13;/h17-20,22-27,30H,4-16,21,28-29H2,1-3H3;5,7-8,12-13H,2-4,6H2,1H3;/q;;+2/p-2. The molecule has 5 heteroatoms. The number of para-hydroxylation sites is 2. The second-order valence-corrected chi connectivity index (χ2v) is 13.5. The van der Waals surface area contributed by atoms with Crippen LogP contribution in [0.25, 0.3) is 6.08 Å². The largest absolute Gasteiger partial charge is 2.00 e. The number of rotatable bonds is 24. The molecule has 0 radical (unpaired) electrons. The van der Waals surface area contributed by atoms with Crippen molar-refractivity contribution in [2.45, 2.75) is 156 Å². The molecule has 0 N–H and O–H groups in total. The molecule has 51 heavy (non-hydrogen) atoms. The molecule has 0 saturated heterocycles. The number of hydrogen-bond acceptors (Lipinski definition) is 4. The molecule has 0 amide bonds. The van der Waals surface area contributed by atoms with Crippen molar-refractivity contribution in [2.75, 3.05) is 0 Å². The van der Waals surface area contributed by atoms with Crippen molar-refractivity contribution in [3.8, 4) is 11.5 Å². The summed E-state index contributed by atoms with van der Waals surface area (Å²) in [6, 6.07) is 23.8. The average molecular weight is 738 g/mol. The Kier molecular flexibility index (Phi) is 27.4. The van der Waals surface area contributed by atoms with E-state index in [2.05, 4.69) is 94.4 Å². The molecule has 3 aromatic carbocycles. The molecule has 3 aromatic rings. The molecule has 0 atom stereocenters. The molecule has 0 aromatic heterocycles. The van der Waals surface area contributed by atoms with Gasteiger partial charge >= 0.3 is 16.5 Å². The summed E-state index contributed by atoms with van der Waals surface area (Å²) < 4.78 is 0. The van der Waals surface area contributed by atoms with Crippen LogP contribution in [0.1, 0.15) is 161 Å². The zero-order valence-corrected chi connectivity index (χ0v) is 33.2. The van der Waals surface area contributed by atoms with E-state index in [-0.39, 0.29) is 28.0 Å². The van der Waals surface area contributed by atoms with Crippen molar-refractivity contribution >= 4 is 28.9 Å². The minimum Gasteiger partial charge on any atom is -0.873 e. The third-order valence-corrected chi connectivity index (χ3v) is 8.92. The van der Waals surface area contributed by atoms with E-state index in [0.717, 1.165) is 80.6 Å². The summed E-state index contributed by atoms with van der Waals surface area (Å²) in [6.07, 6.45) is 28.5. The third kappa shape index (κ3) is 21.1. The van der Waals surface area contributed by atoms with Crippen LogP contribution < -0.4 is 10.2 Å². The molecular formula is C46H66N2NiO2. The number of benzene rings is 3. The molecule has 0 aliphatic rings. The van der Waals surface area contributed by atoms with E-state index in [4.69, 9.17) is 9.98 Å². The Labute approximate surface area is 322 Å². The molecule has 0 unspecified atom stereocenters. The van der Waals surface area contributed by atoms with Gasteiger partial charge in [-0.15, -0.1) is 11.5 Å². The fourth-order valence-corrected chi connectivity index (χ4v) is 5.87. The Balaban J connectivity index is 0.000000779. The van der Waals surface area contributed by atoms with E-state index in [1.165, 1.54) is 82.3 Å². The second-order valence-electron chi connectivity index (χ2n) is 13.5. The number of allylic oxidation sites excluding steroid dienone is 1. The van der Waals surface area contributed by atoms with Crippen LogP contribution in [0.4, 0.5) is 11.4 Å². The summed E-state index contributed by atoms with van der Waals surface area (Å²) in [7, 11) is 0. The zero-order valence-electron chi connectivity index (χ0n) is 32.3. The Morgan fingerprint density at radius 1 is 0.549 bits per heavy atom. The fourth-order valence-electron chi connectivity index (χ4n) is 5.87. The first-order valence-electron chi connectivity index (χ1n) is 19.9. The van der Waals surface area contributed by atoms with Crippen LogP contribution in [-0.2, 0) is 22.9 Å². The van der Waals surface area contributed by atoms with Gasteiger partial charge in [0.15, 0.2) is 0 Å². The SMILES string of the molecule is CCCCCCCCCC=Cc1cccc(N=C(CCCC)C(CCCCCC)=Nc2ccccc2)c1.CCCCCc1cccc([O-])c1[O-].[Ni+2]. The summed E-state index contributed by atoms with van der Waals surface area (Å²) in [6.45, 7) is 8.91. The van der Waals surface area contributed by atoms with Gasteiger partial charge in [-0.1, -0.05) is 171 Å². The van der Waals surface area contributed by atoms with E-state index in [1.807, 2.05) is 0 Å². The molecule has 0 bridgehead atoms. The van der Waals surface area contributed by atoms with Crippen molar-refractivity contribution in [3.63, 3.8) is 0 Å². The number of aliphatic imine (C=N–C) groups is 2. The summed E-state index contributed by atoms with van der Waals surface area (Å²) in [5.74, 6) is -0.701. The summed E-state index contributed by atoms with van der Waals surface area (Å²) >= 11 is 0. The maximum atomic E-state index is 11.3. The van der Waals surface area contributed by atoms with E-state index in [0.29, 0.717) is 5.56 Å². The van der Waals surface area contributed by atoms with Gasteiger partial charge in [0, 0.05) is 0 Å². The van der Waals surface area contributed by atoms with Gasteiger partial charge in [0.1, 0.15) is 0 Å². The van der Waals surface area contributed by atoms with Crippen molar-refractivity contribution < 1.29 is 26.7 Å². The van der Waals surface area contributed by atoms with Crippen LogP contribution in [0.5, 0.6) is 11.5 Å². The normalized spacial score (nSPS) is 11.7. The minimum atomic E-state index is -0.381. The Morgan fingerprint density at radius 2 is 1.10 bits per heavy atom. The summed E-state index contributed by atoms with van der Waals surface area (Å²) in [5, 5.41) is 22.2. The van der Waals surface area contributed by atoms with Crippen LogP contribution in [0.3, 0.4) is 0 Å². The van der Waals surface area contributed by atoms with Crippen molar-refractivity contribution in [3.05, 3.63) is 90.0 Å². The summed E-state index contributed by atoms with van der Waals surface area (Å²) in [4.78, 5) is 10.3. The Bertz CT molecular complexity index is 1380. The van der Waals surface area contributed by atoms with Gasteiger partial charge in [-0.2, -0.15) is 0 Å². The van der Waals surface area contributed by atoms with E-state index in [9.17, 15) is 10.2 Å². The molecule has 282 valence electrons. The predicted octanol–water partition coefficient (Wildman–Crippen LogP) is 13.4. The summed E-state index contributed by atoms with van der Waals surface area (Å²) in [5.41, 5.74) is 6.30. The molecule has 0 aliphatic carbocycles. The molecule has 0 saturated carbocycles. The number of unbranched alkanes of at least 4 members (excludes halogenated alkanes) is 13. The smallest absolute Gasteiger partial charge is 0.873 e. The predicted molar refractivity (Wildman–Crippen MR) is 216 cm³/mol. The van der Waals surface area contributed by atoms with Crippen molar-refractivity contribution in [2.24, 2.45) is 9.98 Å². The maximum absolute atomic E-state index is 11.3. The zero-order chi connectivity index (χ0) is 36.1. The van der Waals surface area contributed by atoms with E-state index >= 15 is 0 Å². The van der Waals surface area contributed by atoms with Crippen LogP contribution in [0.2, 0.25) is 0 Å². The Morgan fingerprint density at radius 3 is 1.78 bits per heavy atom. The van der Waals surface area contributed by atoms with Crippen molar-refractivity contribution in [1.82, 2.24) is 0 Å². The monoisotopic (exact) mass is 736 g/mol. The molecule has 4 nitrogen and oxygen atoms in total.